The summed E-state index contributed by atoms with van der Waals surface area (Å²) in [5.74, 6) is 0.249. The summed E-state index contributed by atoms with van der Waals surface area (Å²) < 4.78 is 3.80. The summed E-state index contributed by atoms with van der Waals surface area (Å²) in [5.41, 5.74) is 2.01. The number of nitrogens with zero attached hydrogens (tertiary/aromatic N) is 7. The van der Waals surface area contributed by atoms with E-state index < -0.39 is 5.41 Å². The topological polar surface area (TPSA) is 108 Å². The molecule has 0 spiro atoms. The summed E-state index contributed by atoms with van der Waals surface area (Å²) >= 11 is 0. The number of benzene rings is 1. The highest BCUT2D eigenvalue weighted by Crippen LogP contribution is 2.26. The van der Waals surface area contributed by atoms with Crippen molar-refractivity contribution in [2.24, 2.45) is 12.5 Å². The zero-order valence-electron chi connectivity index (χ0n) is 24.3. The molecule has 216 valence electrons. The van der Waals surface area contributed by atoms with E-state index >= 15 is 0 Å². The average Bonchev–Trinajstić information content (AvgIpc) is 3.59. The van der Waals surface area contributed by atoms with E-state index in [-0.39, 0.29) is 22.8 Å². The summed E-state index contributed by atoms with van der Waals surface area (Å²) in [6.45, 7) is 11.5. The van der Waals surface area contributed by atoms with Gasteiger partial charge in [0.05, 0.1) is 16.4 Å². The van der Waals surface area contributed by atoms with Gasteiger partial charge >= 0.3 is 0 Å². The SMILES string of the molecule is Cn1c2ccccc2n2c3nc(N4CCN(C(=O)C(C)(C)C)CC4)ncc3c(=O)c(C(=O)NCCN3CCCC3)c12. The van der Waals surface area contributed by atoms with Crippen molar-refractivity contribution in [2.45, 2.75) is 33.6 Å². The lowest BCUT2D eigenvalue weighted by Crippen LogP contribution is -2.52. The van der Waals surface area contributed by atoms with Gasteiger partial charge in [0.1, 0.15) is 11.2 Å². The van der Waals surface area contributed by atoms with Gasteiger partial charge in [-0.15, -0.1) is 0 Å². The van der Waals surface area contributed by atoms with Crippen LogP contribution < -0.4 is 15.6 Å². The van der Waals surface area contributed by atoms with Crippen LogP contribution in [0.15, 0.2) is 35.3 Å². The zero-order chi connectivity index (χ0) is 28.9. The molecular weight excluding hydrogens is 520 g/mol. The second-order valence-electron chi connectivity index (χ2n) is 12.2. The van der Waals surface area contributed by atoms with E-state index in [0.717, 1.165) is 30.7 Å². The molecule has 4 aromatic rings. The van der Waals surface area contributed by atoms with Crippen LogP contribution in [0, 0.1) is 5.41 Å². The molecule has 2 aliphatic heterocycles. The Labute approximate surface area is 238 Å². The number of piperazine rings is 1. The van der Waals surface area contributed by atoms with Crippen LogP contribution >= 0.6 is 0 Å². The monoisotopic (exact) mass is 558 g/mol. The van der Waals surface area contributed by atoms with Crippen LogP contribution in [0.5, 0.6) is 0 Å². The fraction of sp³-hybridized carbons (Fsp3) is 0.500. The van der Waals surface area contributed by atoms with E-state index in [9.17, 15) is 14.4 Å². The lowest BCUT2D eigenvalue weighted by molar-refractivity contribution is -0.139. The Morgan fingerprint density at radius 1 is 0.976 bits per heavy atom. The first-order valence-corrected chi connectivity index (χ1v) is 14.5. The molecule has 11 heteroatoms. The number of carbonyl (C=O) groups is 2. The van der Waals surface area contributed by atoms with Gasteiger partial charge in [0.15, 0.2) is 5.65 Å². The maximum Gasteiger partial charge on any atom is 0.259 e. The third-order valence-electron chi connectivity index (χ3n) is 8.31. The van der Waals surface area contributed by atoms with Gasteiger partial charge in [0, 0.05) is 57.9 Å². The second-order valence-corrected chi connectivity index (χ2v) is 12.2. The second kappa shape index (κ2) is 10.4. The van der Waals surface area contributed by atoms with Crippen LogP contribution in [0.4, 0.5) is 5.95 Å². The van der Waals surface area contributed by atoms with Gasteiger partial charge in [0.2, 0.25) is 17.3 Å². The molecule has 0 saturated carbocycles. The first kappa shape index (κ1) is 27.2. The number of pyridine rings is 1. The fourth-order valence-electron chi connectivity index (χ4n) is 6.10. The van der Waals surface area contributed by atoms with Gasteiger partial charge in [-0.3, -0.25) is 18.8 Å². The molecule has 2 saturated heterocycles. The molecule has 0 radical (unpaired) electrons. The maximum absolute atomic E-state index is 13.9. The van der Waals surface area contributed by atoms with Crippen molar-refractivity contribution in [3.05, 3.63) is 46.2 Å². The minimum Gasteiger partial charge on any atom is -0.351 e. The predicted molar refractivity (Wildman–Crippen MR) is 159 cm³/mol. The predicted octanol–water partition coefficient (Wildman–Crippen LogP) is 2.25. The Kier molecular flexibility index (Phi) is 6.93. The average molecular weight is 559 g/mol. The molecule has 0 aliphatic carbocycles. The van der Waals surface area contributed by atoms with E-state index in [1.165, 1.54) is 12.8 Å². The number of anilines is 1. The molecule has 2 amide bonds. The minimum atomic E-state index is -0.430. The normalized spacial score (nSPS) is 16.8. The summed E-state index contributed by atoms with van der Waals surface area (Å²) in [7, 11) is 1.87. The van der Waals surface area contributed by atoms with E-state index in [1.807, 2.05) is 70.9 Å². The third-order valence-corrected chi connectivity index (χ3v) is 8.31. The number of likely N-dealkylation sites (tertiary alicyclic amines) is 1. The van der Waals surface area contributed by atoms with Gasteiger partial charge in [-0.25, -0.2) is 4.98 Å². The van der Waals surface area contributed by atoms with Crippen molar-refractivity contribution in [3.63, 3.8) is 0 Å². The van der Waals surface area contributed by atoms with Crippen molar-refractivity contribution in [2.75, 3.05) is 57.3 Å². The first-order valence-electron chi connectivity index (χ1n) is 14.5. The Morgan fingerprint density at radius 2 is 1.66 bits per heavy atom. The number of aryl methyl sites for hydroxylation is 1. The molecule has 5 heterocycles. The third kappa shape index (κ3) is 4.81. The van der Waals surface area contributed by atoms with Gasteiger partial charge in [-0.05, 0) is 38.1 Å². The number of para-hydroxylation sites is 2. The number of hydrogen-bond donors (Lipinski definition) is 1. The number of amides is 2. The van der Waals surface area contributed by atoms with E-state index in [1.54, 1.807) is 6.20 Å². The number of rotatable bonds is 5. The zero-order valence-corrected chi connectivity index (χ0v) is 24.3. The molecule has 1 N–H and O–H groups in total. The van der Waals surface area contributed by atoms with Crippen molar-refractivity contribution < 1.29 is 9.59 Å². The molecule has 41 heavy (non-hydrogen) atoms. The molecule has 3 aromatic heterocycles. The summed E-state index contributed by atoms with van der Waals surface area (Å²) in [6.07, 6.45) is 3.91. The lowest BCUT2D eigenvalue weighted by atomic mass is 9.94. The molecular formula is C30H38N8O3. The van der Waals surface area contributed by atoms with Crippen LogP contribution in [0.1, 0.15) is 44.0 Å². The van der Waals surface area contributed by atoms with Crippen LogP contribution in [0.3, 0.4) is 0 Å². The lowest BCUT2D eigenvalue weighted by Gasteiger charge is -2.37. The summed E-state index contributed by atoms with van der Waals surface area (Å²) in [6, 6.07) is 7.83. The van der Waals surface area contributed by atoms with Crippen LogP contribution in [-0.4, -0.2) is 92.9 Å². The summed E-state index contributed by atoms with van der Waals surface area (Å²) in [5, 5.41) is 3.29. The fourth-order valence-corrected chi connectivity index (χ4v) is 6.10. The Morgan fingerprint density at radius 3 is 2.34 bits per heavy atom. The Hall–Kier alpha value is -3.99. The molecule has 0 bridgehead atoms. The first-order chi connectivity index (χ1) is 19.6. The van der Waals surface area contributed by atoms with Crippen LogP contribution in [0.2, 0.25) is 0 Å². The van der Waals surface area contributed by atoms with Gasteiger partial charge in [-0.2, -0.15) is 4.98 Å². The largest absolute Gasteiger partial charge is 0.351 e. The highest BCUT2D eigenvalue weighted by molar-refractivity contribution is 6.05. The molecule has 1 aromatic carbocycles. The minimum absolute atomic E-state index is 0.100. The van der Waals surface area contributed by atoms with E-state index in [4.69, 9.17) is 4.98 Å². The van der Waals surface area contributed by atoms with E-state index in [2.05, 4.69) is 15.2 Å². The smallest absolute Gasteiger partial charge is 0.259 e. The van der Waals surface area contributed by atoms with Crippen molar-refractivity contribution in [1.29, 1.82) is 0 Å². The standard InChI is InChI=1S/C30H38N8O3/c1-30(2,3)28(41)36-15-17-37(18-16-36)29-32-19-20-24(39)23(26(40)31-11-14-35-12-7-8-13-35)27-34(4)21-9-5-6-10-22(21)38(27)25(20)33-29/h5-6,9-10,19H,7-8,11-18H2,1-4H3,(H,31,40). The number of hydrogen-bond acceptors (Lipinski definition) is 7. The number of nitrogens with one attached hydrogen (secondary N) is 1. The van der Waals surface area contributed by atoms with Crippen LogP contribution in [0.25, 0.3) is 27.7 Å². The highest BCUT2D eigenvalue weighted by atomic mass is 16.2. The Bertz CT molecular complexity index is 1700. The van der Waals surface area contributed by atoms with Gasteiger partial charge in [0.25, 0.3) is 5.91 Å². The number of fused-ring (bicyclic) bond motifs is 5. The number of aromatic nitrogens is 4. The quantitative estimate of drug-likeness (QED) is 0.400. The molecule has 0 atom stereocenters. The maximum atomic E-state index is 13.9. The van der Waals surface area contributed by atoms with Crippen molar-refractivity contribution in [1.82, 2.24) is 34.1 Å². The molecule has 2 aliphatic rings. The number of imidazole rings is 1. The van der Waals surface area contributed by atoms with Gasteiger partial charge < -0.3 is 24.6 Å². The van der Waals surface area contributed by atoms with Gasteiger partial charge in [-0.1, -0.05) is 32.9 Å². The van der Waals surface area contributed by atoms with Crippen LogP contribution in [-0.2, 0) is 11.8 Å². The van der Waals surface area contributed by atoms with Crippen molar-refractivity contribution >= 4 is 45.5 Å². The molecule has 6 rings (SSSR count). The molecule has 11 nitrogen and oxygen atoms in total. The van der Waals surface area contributed by atoms with E-state index in [0.29, 0.717) is 55.4 Å². The Balaban J connectivity index is 1.40. The van der Waals surface area contributed by atoms with Crippen molar-refractivity contribution in [3.8, 4) is 0 Å². The highest BCUT2D eigenvalue weighted by Gasteiger charge is 2.31. The molecule has 2 fully saturated rings. The molecule has 0 unspecified atom stereocenters. The summed E-state index contributed by atoms with van der Waals surface area (Å²) in [4.78, 5) is 56.0. The number of carbonyl (C=O) groups excluding carboxylic acids is 2.